The molecule has 0 bridgehead atoms. The number of nitrogens with one attached hydrogen (secondary N) is 1. The van der Waals surface area contributed by atoms with E-state index < -0.39 is 11.7 Å². The van der Waals surface area contributed by atoms with E-state index in [-0.39, 0.29) is 19.1 Å². The highest BCUT2D eigenvalue weighted by Crippen LogP contribution is 2.27. The number of carbonyl (C=O) groups excluding carboxylic acids is 1. The predicted octanol–water partition coefficient (Wildman–Crippen LogP) is 1.63. The Kier molecular flexibility index (Phi) is 4.71. The Morgan fingerprint density at radius 1 is 1.32 bits per heavy atom. The molecule has 4 N–H and O–H groups in total. The molecule has 0 aliphatic rings. The van der Waals surface area contributed by atoms with Crippen LogP contribution >= 0.6 is 0 Å². The van der Waals surface area contributed by atoms with Crippen molar-refractivity contribution in [3.63, 3.8) is 0 Å². The van der Waals surface area contributed by atoms with Crippen LogP contribution in [-0.4, -0.2) is 39.2 Å². The van der Waals surface area contributed by atoms with E-state index in [0.717, 1.165) is 10.9 Å². The number of aromatic amines is 1. The van der Waals surface area contributed by atoms with Crippen molar-refractivity contribution in [2.45, 2.75) is 0 Å². The Morgan fingerprint density at radius 2 is 2.08 bits per heavy atom. The van der Waals surface area contributed by atoms with E-state index in [4.69, 9.17) is 15.6 Å². The van der Waals surface area contributed by atoms with Crippen molar-refractivity contribution in [3.8, 4) is 17.0 Å². The monoisotopic (exact) mass is 342 g/mol. The number of primary amides is 1. The molecule has 0 aliphatic heterocycles. The lowest BCUT2D eigenvalue weighted by molar-refractivity contribution is -0.113. The largest absolute Gasteiger partial charge is 0.473 e. The first-order chi connectivity index (χ1) is 12.1. The number of carbonyl (C=O) groups is 1. The average Bonchev–Trinajstić information content (AvgIpc) is 3.01. The van der Waals surface area contributed by atoms with Crippen LogP contribution in [0.25, 0.3) is 28.2 Å². The third kappa shape index (κ3) is 3.64. The number of pyridine rings is 2. The van der Waals surface area contributed by atoms with Crippen LogP contribution in [-0.2, 0) is 4.79 Å². The van der Waals surface area contributed by atoms with E-state index in [2.05, 4.69) is 15.0 Å². The van der Waals surface area contributed by atoms with Crippen LogP contribution in [0.4, 0.5) is 4.39 Å². The number of hydrogen-bond acceptors (Lipinski definition) is 5. The van der Waals surface area contributed by atoms with Gasteiger partial charge in [-0.05, 0) is 18.2 Å². The summed E-state index contributed by atoms with van der Waals surface area (Å²) in [6.07, 6.45) is 7.59. The second kappa shape index (κ2) is 7.10. The number of fused-ring (bicyclic) bond motifs is 1. The van der Waals surface area contributed by atoms with Crippen molar-refractivity contribution in [1.82, 2.24) is 15.0 Å². The fraction of sp³-hybridized carbons (Fsp3) is 0.118. The summed E-state index contributed by atoms with van der Waals surface area (Å²) < 4.78 is 19.0. The maximum Gasteiger partial charge on any atom is 0.250 e. The minimum Gasteiger partial charge on any atom is -0.473 e. The summed E-state index contributed by atoms with van der Waals surface area (Å²) in [6, 6.07) is 3.10. The van der Waals surface area contributed by atoms with Gasteiger partial charge >= 0.3 is 0 Å². The molecule has 3 heterocycles. The lowest BCUT2D eigenvalue weighted by Gasteiger charge is -2.06. The van der Waals surface area contributed by atoms with Gasteiger partial charge in [-0.15, -0.1) is 0 Å². The zero-order valence-corrected chi connectivity index (χ0v) is 13.1. The van der Waals surface area contributed by atoms with E-state index in [0.29, 0.717) is 16.8 Å². The summed E-state index contributed by atoms with van der Waals surface area (Å²) >= 11 is 0. The van der Waals surface area contributed by atoms with E-state index >= 15 is 0 Å². The minimum absolute atomic E-state index is 0.0321. The molecule has 0 spiro atoms. The molecule has 128 valence electrons. The minimum atomic E-state index is -0.631. The summed E-state index contributed by atoms with van der Waals surface area (Å²) in [4.78, 5) is 22.1. The number of ether oxygens (including phenoxy) is 1. The van der Waals surface area contributed by atoms with Crippen LogP contribution in [0.5, 0.6) is 5.88 Å². The average molecular weight is 342 g/mol. The first-order valence-electron chi connectivity index (χ1n) is 7.42. The third-order valence-corrected chi connectivity index (χ3v) is 3.46. The standard InChI is InChI=1S/C17H15FN4O3/c18-14-6-12(9-22-17(14)25-4-3-23)11-5-13-10(1-2-15(19)24)7-20-16(13)21-8-11/h1-2,5-9,23H,3-4H2,(H2,19,24)(H,20,21). The van der Waals surface area contributed by atoms with Gasteiger partial charge < -0.3 is 20.6 Å². The first kappa shape index (κ1) is 16.6. The van der Waals surface area contributed by atoms with Gasteiger partial charge in [0.15, 0.2) is 5.82 Å². The lowest BCUT2D eigenvalue weighted by atomic mass is 10.1. The molecule has 7 nitrogen and oxygen atoms in total. The van der Waals surface area contributed by atoms with Gasteiger partial charge in [-0.1, -0.05) is 0 Å². The summed E-state index contributed by atoms with van der Waals surface area (Å²) in [7, 11) is 0. The summed E-state index contributed by atoms with van der Waals surface area (Å²) in [5.41, 5.74) is 7.65. The lowest BCUT2D eigenvalue weighted by Crippen LogP contribution is -2.05. The summed E-state index contributed by atoms with van der Waals surface area (Å²) in [5, 5.41) is 9.47. The fourth-order valence-electron chi connectivity index (χ4n) is 2.32. The molecule has 0 aromatic carbocycles. The number of aromatic nitrogens is 3. The van der Waals surface area contributed by atoms with Gasteiger partial charge in [0.1, 0.15) is 12.3 Å². The van der Waals surface area contributed by atoms with Crippen LogP contribution in [0.1, 0.15) is 5.56 Å². The summed E-state index contributed by atoms with van der Waals surface area (Å²) in [6.45, 7) is -0.256. The van der Waals surface area contributed by atoms with E-state index in [9.17, 15) is 9.18 Å². The zero-order chi connectivity index (χ0) is 17.8. The van der Waals surface area contributed by atoms with Crippen molar-refractivity contribution in [2.24, 2.45) is 5.73 Å². The zero-order valence-electron chi connectivity index (χ0n) is 13.1. The Bertz CT molecular complexity index is 952. The molecule has 1 amide bonds. The first-order valence-corrected chi connectivity index (χ1v) is 7.42. The Balaban J connectivity index is 1.97. The van der Waals surface area contributed by atoms with Crippen molar-refractivity contribution in [1.29, 1.82) is 0 Å². The number of amides is 1. The van der Waals surface area contributed by atoms with E-state index in [1.165, 1.54) is 18.3 Å². The smallest absolute Gasteiger partial charge is 0.250 e. The molecule has 0 saturated carbocycles. The topological polar surface area (TPSA) is 114 Å². The molecule has 3 rings (SSSR count). The quantitative estimate of drug-likeness (QED) is 0.589. The van der Waals surface area contributed by atoms with E-state index in [1.54, 1.807) is 18.5 Å². The Morgan fingerprint density at radius 3 is 2.80 bits per heavy atom. The van der Waals surface area contributed by atoms with Gasteiger partial charge in [-0.3, -0.25) is 4.79 Å². The molecule has 0 fully saturated rings. The predicted molar refractivity (Wildman–Crippen MR) is 90.1 cm³/mol. The number of rotatable bonds is 6. The third-order valence-electron chi connectivity index (χ3n) is 3.46. The van der Waals surface area contributed by atoms with Crippen molar-refractivity contribution in [3.05, 3.63) is 48.2 Å². The second-order valence-corrected chi connectivity index (χ2v) is 5.18. The van der Waals surface area contributed by atoms with Crippen LogP contribution < -0.4 is 10.5 Å². The molecule has 8 heteroatoms. The molecule has 0 saturated heterocycles. The maximum absolute atomic E-state index is 14.0. The molecule has 3 aromatic rings. The van der Waals surface area contributed by atoms with Gasteiger partial charge in [0.2, 0.25) is 11.8 Å². The Labute approximate surface area is 142 Å². The van der Waals surface area contributed by atoms with E-state index in [1.807, 2.05) is 6.07 Å². The van der Waals surface area contributed by atoms with Crippen LogP contribution in [0.15, 0.2) is 36.8 Å². The molecule has 25 heavy (non-hydrogen) atoms. The van der Waals surface area contributed by atoms with Crippen molar-refractivity contribution >= 4 is 23.0 Å². The highest BCUT2D eigenvalue weighted by atomic mass is 19.1. The van der Waals surface area contributed by atoms with Crippen molar-refractivity contribution < 1.29 is 19.0 Å². The second-order valence-electron chi connectivity index (χ2n) is 5.18. The highest BCUT2D eigenvalue weighted by Gasteiger charge is 2.10. The normalized spacial score (nSPS) is 11.3. The number of nitrogens with zero attached hydrogens (tertiary/aromatic N) is 2. The number of nitrogens with two attached hydrogens (primary N) is 1. The number of halogens is 1. The maximum atomic E-state index is 14.0. The van der Waals surface area contributed by atoms with Crippen LogP contribution in [0, 0.1) is 5.82 Å². The number of aliphatic hydroxyl groups is 1. The van der Waals surface area contributed by atoms with Crippen LogP contribution in [0.3, 0.4) is 0 Å². The fourth-order valence-corrected chi connectivity index (χ4v) is 2.32. The summed E-state index contributed by atoms with van der Waals surface area (Å²) in [5.74, 6) is -1.35. The number of H-pyrrole nitrogens is 1. The van der Waals surface area contributed by atoms with Gasteiger partial charge in [-0.2, -0.15) is 0 Å². The molecule has 0 aliphatic carbocycles. The SMILES string of the molecule is NC(=O)C=Cc1c[nH]c2ncc(-c3cnc(OCCO)c(F)c3)cc12. The number of hydrogen-bond donors (Lipinski definition) is 3. The highest BCUT2D eigenvalue weighted by molar-refractivity contribution is 5.95. The Hall–Kier alpha value is -3.26. The molecule has 0 radical (unpaired) electrons. The number of aliphatic hydroxyl groups excluding tert-OH is 1. The van der Waals surface area contributed by atoms with Crippen molar-refractivity contribution in [2.75, 3.05) is 13.2 Å². The van der Waals surface area contributed by atoms with Crippen LogP contribution in [0.2, 0.25) is 0 Å². The molecule has 3 aromatic heterocycles. The van der Waals surface area contributed by atoms with Gasteiger partial charge in [0, 0.05) is 46.7 Å². The molecular weight excluding hydrogens is 327 g/mol. The molecular formula is C17H15FN4O3. The molecule has 0 unspecified atom stereocenters. The molecule has 0 atom stereocenters. The van der Waals surface area contributed by atoms with Gasteiger partial charge in [0.25, 0.3) is 0 Å². The van der Waals surface area contributed by atoms with Gasteiger partial charge in [-0.25, -0.2) is 14.4 Å². The van der Waals surface area contributed by atoms with Gasteiger partial charge in [0.05, 0.1) is 6.61 Å².